The standard InChI is InChI=1S/C55H35N3S/c1-5-17-36(18-6-1)42-33-43(37-19-7-2-8-20-37)35-44(34-42)53-49(50-45-25-13-15-27-47(45)56-52(54(50)59-53)39-21-9-3-10-22-39)38-29-31-40(32-30-38)51-46-26-14-16-28-48(46)57-55(58-51)41-23-11-4-12-24-41/h1-35H. The molecule has 3 aromatic heterocycles. The van der Waals surface area contributed by atoms with Gasteiger partial charge in [-0.2, -0.15) is 0 Å². The molecule has 0 aliphatic rings. The minimum atomic E-state index is 0.717. The van der Waals surface area contributed by atoms with Crippen LogP contribution in [0.25, 0.3) is 110 Å². The molecule has 11 aromatic rings. The van der Waals surface area contributed by atoms with Crippen molar-refractivity contribution in [2.24, 2.45) is 0 Å². The molecule has 0 spiro atoms. The molecule has 0 N–H and O–H groups in total. The van der Waals surface area contributed by atoms with E-state index in [-0.39, 0.29) is 0 Å². The van der Waals surface area contributed by atoms with Gasteiger partial charge in [-0.3, -0.25) is 0 Å². The summed E-state index contributed by atoms with van der Waals surface area (Å²) in [4.78, 5) is 16.7. The summed E-state index contributed by atoms with van der Waals surface area (Å²) in [5.74, 6) is 0.717. The van der Waals surface area contributed by atoms with E-state index in [1.165, 1.54) is 48.3 Å². The molecule has 0 aliphatic heterocycles. The fourth-order valence-electron chi connectivity index (χ4n) is 8.24. The molecular weight excluding hydrogens is 735 g/mol. The maximum atomic E-state index is 5.36. The summed E-state index contributed by atoms with van der Waals surface area (Å²) in [6.45, 7) is 0. The number of nitrogens with zero attached hydrogens (tertiary/aromatic N) is 3. The second kappa shape index (κ2) is 14.8. The Bertz CT molecular complexity index is 3230. The van der Waals surface area contributed by atoms with Crippen LogP contribution in [-0.2, 0) is 0 Å². The molecule has 276 valence electrons. The monoisotopic (exact) mass is 769 g/mol. The fraction of sp³-hybridized carbons (Fsp3) is 0. The Balaban J connectivity index is 1.18. The van der Waals surface area contributed by atoms with Gasteiger partial charge in [0.25, 0.3) is 0 Å². The van der Waals surface area contributed by atoms with Crippen molar-refractivity contribution in [2.45, 2.75) is 0 Å². The number of rotatable bonds is 7. The maximum absolute atomic E-state index is 5.36. The lowest BCUT2D eigenvalue weighted by atomic mass is 9.91. The van der Waals surface area contributed by atoms with E-state index in [4.69, 9.17) is 15.0 Å². The average molecular weight is 770 g/mol. The van der Waals surface area contributed by atoms with Gasteiger partial charge in [0, 0.05) is 43.3 Å². The Hall–Kier alpha value is -7.53. The van der Waals surface area contributed by atoms with E-state index in [0.29, 0.717) is 0 Å². The molecule has 59 heavy (non-hydrogen) atoms. The van der Waals surface area contributed by atoms with Crippen LogP contribution in [0.15, 0.2) is 212 Å². The Labute approximate surface area is 346 Å². The van der Waals surface area contributed by atoms with E-state index >= 15 is 0 Å². The molecule has 0 bridgehead atoms. The number of thiophene rings is 1. The van der Waals surface area contributed by atoms with Gasteiger partial charge in [-0.1, -0.05) is 182 Å². The van der Waals surface area contributed by atoms with Gasteiger partial charge < -0.3 is 0 Å². The average Bonchev–Trinajstić information content (AvgIpc) is 3.73. The lowest BCUT2D eigenvalue weighted by Gasteiger charge is -2.13. The minimum Gasteiger partial charge on any atom is -0.246 e. The molecule has 0 atom stereocenters. The second-order valence-electron chi connectivity index (χ2n) is 14.7. The summed E-state index contributed by atoms with van der Waals surface area (Å²) in [6, 6.07) is 75.2. The summed E-state index contributed by atoms with van der Waals surface area (Å²) in [7, 11) is 0. The zero-order chi connectivity index (χ0) is 39.1. The van der Waals surface area contributed by atoms with Gasteiger partial charge in [-0.25, -0.2) is 15.0 Å². The third kappa shape index (κ3) is 6.37. The summed E-state index contributed by atoms with van der Waals surface area (Å²) in [5.41, 5.74) is 15.2. The van der Waals surface area contributed by atoms with E-state index in [1.807, 2.05) is 35.6 Å². The molecule has 0 aliphatic carbocycles. The zero-order valence-corrected chi connectivity index (χ0v) is 32.8. The molecule has 0 saturated carbocycles. The van der Waals surface area contributed by atoms with Crippen molar-refractivity contribution >= 4 is 43.2 Å². The highest BCUT2D eigenvalue weighted by Gasteiger charge is 2.23. The number of aromatic nitrogens is 3. The van der Waals surface area contributed by atoms with Gasteiger partial charge in [0.1, 0.15) is 0 Å². The molecule has 0 fully saturated rings. The molecule has 0 radical (unpaired) electrons. The normalized spacial score (nSPS) is 11.4. The lowest BCUT2D eigenvalue weighted by molar-refractivity contribution is 1.23. The topological polar surface area (TPSA) is 38.7 Å². The highest BCUT2D eigenvalue weighted by atomic mass is 32.1. The van der Waals surface area contributed by atoms with Crippen molar-refractivity contribution in [1.29, 1.82) is 0 Å². The van der Waals surface area contributed by atoms with Crippen LogP contribution in [0.3, 0.4) is 0 Å². The van der Waals surface area contributed by atoms with E-state index < -0.39 is 0 Å². The number of fused-ring (bicyclic) bond motifs is 4. The van der Waals surface area contributed by atoms with Gasteiger partial charge in [0.15, 0.2) is 5.82 Å². The first-order valence-electron chi connectivity index (χ1n) is 19.9. The Kier molecular flexibility index (Phi) is 8.68. The van der Waals surface area contributed by atoms with Crippen LogP contribution in [0.1, 0.15) is 0 Å². The molecular formula is C55H35N3S. The molecule has 11 rings (SSSR count). The summed E-state index contributed by atoms with van der Waals surface area (Å²) < 4.78 is 1.17. The third-order valence-electron chi connectivity index (χ3n) is 11.1. The van der Waals surface area contributed by atoms with Crippen LogP contribution in [-0.4, -0.2) is 15.0 Å². The maximum Gasteiger partial charge on any atom is 0.160 e. The van der Waals surface area contributed by atoms with Crippen LogP contribution < -0.4 is 0 Å². The first-order chi connectivity index (χ1) is 29.2. The summed E-state index contributed by atoms with van der Waals surface area (Å²) >= 11 is 1.83. The number of hydrogen-bond acceptors (Lipinski definition) is 4. The smallest absolute Gasteiger partial charge is 0.160 e. The van der Waals surface area contributed by atoms with Gasteiger partial charge in [-0.15, -0.1) is 11.3 Å². The molecule has 8 aromatic carbocycles. The van der Waals surface area contributed by atoms with Crippen LogP contribution in [0.4, 0.5) is 0 Å². The summed E-state index contributed by atoms with van der Waals surface area (Å²) in [5, 5.41) is 3.38. The van der Waals surface area contributed by atoms with Gasteiger partial charge >= 0.3 is 0 Å². The number of pyridine rings is 1. The first-order valence-corrected chi connectivity index (χ1v) is 20.7. The molecule has 0 saturated heterocycles. The van der Waals surface area contributed by atoms with E-state index in [1.54, 1.807) is 0 Å². The van der Waals surface area contributed by atoms with E-state index in [2.05, 4.69) is 188 Å². The van der Waals surface area contributed by atoms with Crippen LogP contribution in [0.5, 0.6) is 0 Å². The van der Waals surface area contributed by atoms with Gasteiger partial charge in [-0.05, 0) is 63.7 Å². The predicted octanol–water partition coefficient (Wildman–Crippen LogP) is 15.1. The lowest BCUT2D eigenvalue weighted by Crippen LogP contribution is -1.95. The third-order valence-corrected chi connectivity index (χ3v) is 12.3. The van der Waals surface area contributed by atoms with Crippen LogP contribution >= 0.6 is 11.3 Å². The largest absolute Gasteiger partial charge is 0.246 e. The molecule has 3 nitrogen and oxygen atoms in total. The quantitative estimate of drug-likeness (QED) is 0.162. The van der Waals surface area contributed by atoms with E-state index in [0.717, 1.165) is 61.3 Å². The SMILES string of the molecule is c1ccc(-c2cc(-c3ccccc3)cc(-c3sc4c(-c5ccccc5)nc5ccccc5c4c3-c3ccc(-c4nc(-c5ccccc5)nc5ccccc45)cc3)c2)cc1. The van der Waals surface area contributed by atoms with Crippen molar-refractivity contribution in [3.05, 3.63) is 212 Å². The van der Waals surface area contributed by atoms with Crippen molar-refractivity contribution in [2.75, 3.05) is 0 Å². The van der Waals surface area contributed by atoms with Gasteiger partial charge in [0.2, 0.25) is 0 Å². The Morgan fingerprint density at radius 3 is 1.37 bits per heavy atom. The zero-order valence-electron chi connectivity index (χ0n) is 32.0. The van der Waals surface area contributed by atoms with Crippen molar-refractivity contribution in [1.82, 2.24) is 15.0 Å². The van der Waals surface area contributed by atoms with Crippen LogP contribution in [0, 0.1) is 0 Å². The first kappa shape index (κ1) is 34.7. The number of para-hydroxylation sites is 2. The number of hydrogen-bond donors (Lipinski definition) is 0. The Morgan fingerprint density at radius 1 is 0.305 bits per heavy atom. The molecule has 0 amide bonds. The van der Waals surface area contributed by atoms with E-state index in [9.17, 15) is 0 Å². The van der Waals surface area contributed by atoms with Crippen molar-refractivity contribution in [3.8, 4) is 77.7 Å². The van der Waals surface area contributed by atoms with Crippen molar-refractivity contribution < 1.29 is 0 Å². The Morgan fingerprint density at radius 2 is 0.763 bits per heavy atom. The number of benzene rings is 8. The predicted molar refractivity (Wildman–Crippen MR) is 248 cm³/mol. The van der Waals surface area contributed by atoms with Gasteiger partial charge in [0.05, 0.1) is 27.1 Å². The second-order valence-corrected chi connectivity index (χ2v) is 15.8. The molecule has 0 unspecified atom stereocenters. The highest BCUT2D eigenvalue weighted by molar-refractivity contribution is 7.23. The van der Waals surface area contributed by atoms with Crippen molar-refractivity contribution in [3.63, 3.8) is 0 Å². The molecule has 4 heteroatoms. The summed E-state index contributed by atoms with van der Waals surface area (Å²) in [6.07, 6.45) is 0. The highest BCUT2D eigenvalue weighted by Crippen LogP contribution is 2.51. The molecule has 3 heterocycles. The van der Waals surface area contributed by atoms with Crippen LogP contribution in [0.2, 0.25) is 0 Å². The minimum absolute atomic E-state index is 0.717. The fourth-order valence-corrected chi connectivity index (χ4v) is 9.58.